The SMILES string of the molecule is COC1CC(N2CCNC(C)(C)C2)C1(C)C. The van der Waals surface area contributed by atoms with E-state index < -0.39 is 0 Å². The second-order valence-corrected chi connectivity index (χ2v) is 6.58. The summed E-state index contributed by atoms with van der Waals surface area (Å²) in [5, 5.41) is 3.57. The van der Waals surface area contributed by atoms with Gasteiger partial charge in [-0.05, 0) is 20.3 Å². The largest absolute Gasteiger partial charge is 0.381 e. The van der Waals surface area contributed by atoms with Gasteiger partial charge in [-0.1, -0.05) is 13.8 Å². The quantitative estimate of drug-likeness (QED) is 0.772. The van der Waals surface area contributed by atoms with Gasteiger partial charge in [0.25, 0.3) is 0 Å². The van der Waals surface area contributed by atoms with E-state index in [9.17, 15) is 0 Å². The molecule has 94 valence electrons. The van der Waals surface area contributed by atoms with Gasteiger partial charge in [0.1, 0.15) is 0 Å². The van der Waals surface area contributed by atoms with E-state index in [1.165, 1.54) is 13.0 Å². The molecule has 2 unspecified atom stereocenters. The van der Waals surface area contributed by atoms with Crippen LogP contribution in [0.2, 0.25) is 0 Å². The molecule has 2 atom stereocenters. The molecule has 2 aliphatic rings. The molecule has 1 aliphatic heterocycles. The van der Waals surface area contributed by atoms with E-state index in [-0.39, 0.29) is 5.54 Å². The number of hydrogen-bond donors (Lipinski definition) is 1. The molecule has 3 heteroatoms. The van der Waals surface area contributed by atoms with E-state index in [0.29, 0.717) is 17.6 Å². The van der Waals surface area contributed by atoms with Crippen LogP contribution in [0.3, 0.4) is 0 Å². The molecule has 0 bridgehead atoms. The van der Waals surface area contributed by atoms with E-state index in [1.54, 1.807) is 0 Å². The molecule has 3 nitrogen and oxygen atoms in total. The molecular weight excluding hydrogens is 200 g/mol. The maximum absolute atomic E-state index is 5.53. The minimum atomic E-state index is 0.256. The third-order valence-corrected chi connectivity index (χ3v) is 4.45. The molecule has 0 radical (unpaired) electrons. The molecular formula is C13H26N2O. The zero-order valence-corrected chi connectivity index (χ0v) is 11.3. The summed E-state index contributed by atoms with van der Waals surface area (Å²) in [6.45, 7) is 12.7. The predicted molar refractivity (Wildman–Crippen MR) is 66.6 cm³/mol. The third kappa shape index (κ3) is 2.01. The van der Waals surface area contributed by atoms with Crippen LogP contribution in [0.5, 0.6) is 0 Å². The van der Waals surface area contributed by atoms with Crippen LogP contribution >= 0.6 is 0 Å². The average molecular weight is 226 g/mol. The molecule has 0 aromatic rings. The maximum Gasteiger partial charge on any atom is 0.0652 e. The maximum atomic E-state index is 5.53. The molecule has 2 fully saturated rings. The van der Waals surface area contributed by atoms with Crippen molar-refractivity contribution in [2.24, 2.45) is 5.41 Å². The Hall–Kier alpha value is -0.120. The Morgan fingerprint density at radius 1 is 1.25 bits per heavy atom. The van der Waals surface area contributed by atoms with Crippen molar-refractivity contribution in [3.05, 3.63) is 0 Å². The topological polar surface area (TPSA) is 24.5 Å². The minimum Gasteiger partial charge on any atom is -0.381 e. The van der Waals surface area contributed by atoms with Crippen LogP contribution in [0.25, 0.3) is 0 Å². The van der Waals surface area contributed by atoms with Crippen LogP contribution in [0, 0.1) is 5.41 Å². The molecule has 1 saturated heterocycles. The molecule has 1 saturated carbocycles. The summed E-state index contributed by atoms with van der Waals surface area (Å²) in [6, 6.07) is 0.693. The number of piperazine rings is 1. The molecule has 0 amide bonds. The lowest BCUT2D eigenvalue weighted by Gasteiger charge is -2.58. The number of ether oxygens (including phenoxy) is 1. The van der Waals surface area contributed by atoms with Crippen LogP contribution in [-0.4, -0.2) is 49.3 Å². The number of rotatable bonds is 2. The van der Waals surface area contributed by atoms with Crippen molar-refractivity contribution in [1.82, 2.24) is 10.2 Å². The van der Waals surface area contributed by atoms with Crippen molar-refractivity contribution >= 4 is 0 Å². The first-order valence-corrected chi connectivity index (χ1v) is 6.39. The summed E-state index contributed by atoms with van der Waals surface area (Å²) in [5.74, 6) is 0. The Morgan fingerprint density at radius 3 is 2.44 bits per heavy atom. The monoisotopic (exact) mass is 226 g/mol. The third-order valence-electron chi connectivity index (χ3n) is 4.45. The molecule has 0 spiro atoms. The second-order valence-electron chi connectivity index (χ2n) is 6.58. The van der Waals surface area contributed by atoms with Gasteiger partial charge in [0, 0.05) is 43.7 Å². The van der Waals surface area contributed by atoms with Gasteiger partial charge in [0.15, 0.2) is 0 Å². The van der Waals surface area contributed by atoms with Crippen molar-refractivity contribution in [1.29, 1.82) is 0 Å². The van der Waals surface area contributed by atoms with Crippen LogP contribution < -0.4 is 5.32 Å². The highest BCUT2D eigenvalue weighted by atomic mass is 16.5. The highest BCUT2D eigenvalue weighted by molar-refractivity contribution is 5.05. The fourth-order valence-electron chi connectivity index (χ4n) is 3.33. The Balaban J connectivity index is 1.99. The van der Waals surface area contributed by atoms with Crippen LogP contribution in [0.15, 0.2) is 0 Å². The first kappa shape index (κ1) is 12.3. The molecule has 2 rings (SSSR count). The smallest absolute Gasteiger partial charge is 0.0652 e. The van der Waals surface area contributed by atoms with Crippen LogP contribution in [0.1, 0.15) is 34.1 Å². The van der Waals surface area contributed by atoms with Crippen molar-refractivity contribution < 1.29 is 4.74 Å². The average Bonchev–Trinajstić information content (AvgIpc) is 2.15. The highest BCUT2D eigenvalue weighted by Crippen LogP contribution is 2.46. The lowest BCUT2D eigenvalue weighted by molar-refractivity contribution is -0.144. The van der Waals surface area contributed by atoms with Gasteiger partial charge in [0.05, 0.1) is 6.10 Å². The number of nitrogens with zero attached hydrogens (tertiary/aromatic N) is 1. The fourth-order valence-corrected chi connectivity index (χ4v) is 3.33. The number of hydrogen-bond acceptors (Lipinski definition) is 3. The van der Waals surface area contributed by atoms with E-state index in [4.69, 9.17) is 4.74 Å². The van der Waals surface area contributed by atoms with Crippen molar-refractivity contribution in [3.63, 3.8) is 0 Å². The van der Waals surface area contributed by atoms with Gasteiger partial charge in [0.2, 0.25) is 0 Å². The van der Waals surface area contributed by atoms with E-state index in [0.717, 1.165) is 13.1 Å². The van der Waals surface area contributed by atoms with E-state index >= 15 is 0 Å². The first-order chi connectivity index (χ1) is 7.37. The van der Waals surface area contributed by atoms with Gasteiger partial charge in [-0.25, -0.2) is 0 Å². The lowest BCUT2D eigenvalue weighted by atomic mass is 9.63. The number of methoxy groups -OCH3 is 1. The standard InChI is InChI=1S/C13H26N2O/c1-12(2)9-15(7-6-14-12)10-8-11(16-5)13(10,3)4/h10-11,14H,6-9H2,1-5H3. The van der Waals surface area contributed by atoms with Gasteiger partial charge < -0.3 is 10.1 Å². The predicted octanol–water partition coefficient (Wildman–Crippen LogP) is 1.48. The van der Waals surface area contributed by atoms with Crippen molar-refractivity contribution in [2.75, 3.05) is 26.7 Å². The molecule has 0 aromatic carbocycles. The molecule has 1 heterocycles. The first-order valence-electron chi connectivity index (χ1n) is 6.39. The van der Waals surface area contributed by atoms with E-state index in [2.05, 4.69) is 37.9 Å². The molecule has 0 aromatic heterocycles. The fraction of sp³-hybridized carbons (Fsp3) is 1.00. The summed E-state index contributed by atoms with van der Waals surface area (Å²) in [5.41, 5.74) is 0.564. The molecule has 1 N–H and O–H groups in total. The summed E-state index contributed by atoms with van der Waals surface area (Å²) in [7, 11) is 1.84. The minimum absolute atomic E-state index is 0.256. The van der Waals surface area contributed by atoms with Crippen LogP contribution in [-0.2, 0) is 4.74 Å². The van der Waals surface area contributed by atoms with Crippen molar-refractivity contribution in [2.45, 2.75) is 51.8 Å². The number of nitrogens with one attached hydrogen (secondary N) is 1. The van der Waals surface area contributed by atoms with Crippen molar-refractivity contribution in [3.8, 4) is 0 Å². The van der Waals surface area contributed by atoms with Gasteiger partial charge in [-0.15, -0.1) is 0 Å². The van der Waals surface area contributed by atoms with Gasteiger partial charge >= 0.3 is 0 Å². The zero-order valence-electron chi connectivity index (χ0n) is 11.3. The summed E-state index contributed by atoms with van der Waals surface area (Å²) in [6.07, 6.45) is 1.63. The summed E-state index contributed by atoms with van der Waals surface area (Å²) < 4.78 is 5.53. The van der Waals surface area contributed by atoms with E-state index in [1.807, 2.05) is 7.11 Å². The Kier molecular flexibility index (Phi) is 3.06. The lowest BCUT2D eigenvalue weighted by Crippen LogP contribution is -2.68. The molecule has 1 aliphatic carbocycles. The normalized spacial score (nSPS) is 38.1. The summed E-state index contributed by atoms with van der Waals surface area (Å²) in [4.78, 5) is 2.64. The Morgan fingerprint density at radius 2 is 1.94 bits per heavy atom. The Labute approximate surface area is 99.5 Å². The second kappa shape index (κ2) is 3.97. The van der Waals surface area contributed by atoms with Gasteiger partial charge in [-0.2, -0.15) is 0 Å². The Bertz CT molecular complexity index is 263. The molecule has 16 heavy (non-hydrogen) atoms. The highest BCUT2D eigenvalue weighted by Gasteiger charge is 2.52. The van der Waals surface area contributed by atoms with Crippen LogP contribution in [0.4, 0.5) is 0 Å². The van der Waals surface area contributed by atoms with Gasteiger partial charge in [-0.3, -0.25) is 4.90 Å². The summed E-state index contributed by atoms with van der Waals surface area (Å²) >= 11 is 0. The zero-order chi connectivity index (χ0) is 12.0.